The van der Waals surface area contributed by atoms with Crippen LogP contribution in [0.4, 0.5) is 13.2 Å². The topological polar surface area (TPSA) is 12.0 Å². The lowest BCUT2D eigenvalue weighted by molar-refractivity contribution is -0.137. The lowest BCUT2D eigenvalue weighted by atomic mass is 9.88. The molecule has 0 amide bonds. The van der Waals surface area contributed by atoms with Crippen molar-refractivity contribution in [3.05, 3.63) is 35.4 Å². The standard InChI is InChI=1S/C19H26F3N/c20-19(21,22)16-11-9-15(10-12-16)17-7-4-8-18(17)23-13-14-5-2-1-3-6-14/h9-12,14,17-18,23H,1-8,13H2. The van der Waals surface area contributed by atoms with Gasteiger partial charge in [0, 0.05) is 6.04 Å². The summed E-state index contributed by atoms with van der Waals surface area (Å²) in [4.78, 5) is 0. The molecule has 2 unspecified atom stereocenters. The van der Waals surface area contributed by atoms with Crippen molar-refractivity contribution >= 4 is 0 Å². The van der Waals surface area contributed by atoms with E-state index < -0.39 is 11.7 Å². The molecule has 1 aromatic rings. The van der Waals surface area contributed by atoms with E-state index >= 15 is 0 Å². The highest BCUT2D eigenvalue weighted by molar-refractivity contribution is 5.28. The zero-order chi connectivity index (χ0) is 16.3. The highest BCUT2D eigenvalue weighted by atomic mass is 19.4. The first kappa shape index (κ1) is 16.8. The first-order chi connectivity index (χ1) is 11.0. The fraction of sp³-hybridized carbons (Fsp3) is 0.684. The van der Waals surface area contributed by atoms with Crippen molar-refractivity contribution in [2.45, 2.75) is 69.5 Å². The van der Waals surface area contributed by atoms with Crippen LogP contribution in [0.2, 0.25) is 0 Å². The van der Waals surface area contributed by atoms with Crippen molar-refractivity contribution in [3.8, 4) is 0 Å². The summed E-state index contributed by atoms with van der Waals surface area (Å²) in [6.45, 7) is 1.07. The predicted octanol–water partition coefficient (Wildman–Crippen LogP) is 5.51. The zero-order valence-corrected chi connectivity index (χ0v) is 13.5. The Morgan fingerprint density at radius 3 is 2.22 bits per heavy atom. The van der Waals surface area contributed by atoms with Crippen molar-refractivity contribution in [2.24, 2.45) is 5.92 Å². The van der Waals surface area contributed by atoms with Crippen LogP contribution in [-0.4, -0.2) is 12.6 Å². The SMILES string of the molecule is FC(F)(F)c1ccc(C2CCCC2NCC2CCCCC2)cc1. The molecule has 2 saturated carbocycles. The molecule has 1 N–H and O–H groups in total. The van der Waals surface area contributed by atoms with Crippen molar-refractivity contribution in [1.29, 1.82) is 0 Å². The van der Waals surface area contributed by atoms with E-state index in [-0.39, 0.29) is 0 Å². The maximum Gasteiger partial charge on any atom is 0.416 e. The van der Waals surface area contributed by atoms with Gasteiger partial charge in [-0.25, -0.2) is 0 Å². The van der Waals surface area contributed by atoms with E-state index in [2.05, 4.69) is 5.32 Å². The fourth-order valence-corrected chi connectivity index (χ4v) is 4.23. The number of halogens is 3. The molecule has 0 aliphatic heterocycles. The van der Waals surface area contributed by atoms with Crippen LogP contribution in [0.15, 0.2) is 24.3 Å². The molecular formula is C19H26F3N. The molecule has 0 spiro atoms. The van der Waals surface area contributed by atoms with E-state index in [9.17, 15) is 13.2 Å². The summed E-state index contributed by atoms with van der Waals surface area (Å²) in [5.41, 5.74) is 0.502. The van der Waals surface area contributed by atoms with Gasteiger partial charge in [0.1, 0.15) is 0 Å². The Kier molecular flexibility index (Phi) is 5.30. The lowest BCUT2D eigenvalue weighted by Gasteiger charge is -2.27. The van der Waals surface area contributed by atoms with Gasteiger partial charge in [0.2, 0.25) is 0 Å². The number of nitrogens with one attached hydrogen (secondary N) is 1. The Hall–Kier alpha value is -1.03. The van der Waals surface area contributed by atoms with Gasteiger partial charge in [-0.1, -0.05) is 37.8 Å². The molecule has 0 saturated heterocycles. The second kappa shape index (κ2) is 7.25. The molecule has 23 heavy (non-hydrogen) atoms. The number of rotatable bonds is 4. The van der Waals surface area contributed by atoms with Gasteiger partial charge in [-0.15, -0.1) is 0 Å². The van der Waals surface area contributed by atoms with Crippen molar-refractivity contribution in [3.63, 3.8) is 0 Å². The summed E-state index contributed by atoms with van der Waals surface area (Å²) >= 11 is 0. The molecule has 0 bridgehead atoms. The van der Waals surface area contributed by atoms with Gasteiger partial charge in [-0.2, -0.15) is 13.2 Å². The average Bonchev–Trinajstić information content (AvgIpc) is 3.02. The molecule has 2 aliphatic rings. The smallest absolute Gasteiger partial charge is 0.313 e. The van der Waals surface area contributed by atoms with Gasteiger partial charge >= 0.3 is 6.18 Å². The predicted molar refractivity (Wildman–Crippen MR) is 86.4 cm³/mol. The van der Waals surface area contributed by atoms with Crippen LogP contribution in [0.25, 0.3) is 0 Å². The Bertz CT molecular complexity index is 488. The molecule has 1 nitrogen and oxygen atoms in total. The molecule has 4 heteroatoms. The summed E-state index contributed by atoms with van der Waals surface area (Å²) in [6, 6.07) is 6.23. The largest absolute Gasteiger partial charge is 0.416 e. The first-order valence-corrected chi connectivity index (χ1v) is 8.94. The van der Waals surface area contributed by atoms with Crippen molar-refractivity contribution < 1.29 is 13.2 Å². The average molecular weight is 325 g/mol. The summed E-state index contributed by atoms with van der Waals surface area (Å²) < 4.78 is 38.1. The van der Waals surface area contributed by atoms with Crippen LogP contribution >= 0.6 is 0 Å². The van der Waals surface area contributed by atoms with Gasteiger partial charge in [-0.05, 0) is 61.8 Å². The molecule has 0 aromatic heterocycles. The molecule has 0 radical (unpaired) electrons. The third kappa shape index (κ3) is 4.28. The van der Waals surface area contributed by atoms with E-state index in [1.807, 2.05) is 0 Å². The molecule has 2 atom stereocenters. The number of hydrogen-bond donors (Lipinski definition) is 1. The summed E-state index contributed by atoms with van der Waals surface area (Å²) in [5.74, 6) is 1.15. The highest BCUT2D eigenvalue weighted by Crippen LogP contribution is 2.37. The highest BCUT2D eigenvalue weighted by Gasteiger charge is 2.32. The monoisotopic (exact) mass is 325 g/mol. The van der Waals surface area contributed by atoms with Crippen LogP contribution in [-0.2, 0) is 6.18 Å². The second-order valence-corrected chi connectivity index (χ2v) is 7.18. The second-order valence-electron chi connectivity index (χ2n) is 7.18. The van der Waals surface area contributed by atoms with E-state index in [0.29, 0.717) is 12.0 Å². The van der Waals surface area contributed by atoms with E-state index in [0.717, 1.165) is 37.3 Å². The number of alkyl halides is 3. The Balaban J connectivity index is 1.59. The number of hydrogen-bond acceptors (Lipinski definition) is 1. The summed E-state index contributed by atoms with van der Waals surface area (Å²) in [6.07, 6.45) is 5.84. The lowest BCUT2D eigenvalue weighted by Crippen LogP contribution is -2.35. The van der Waals surface area contributed by atoms with Crippen LogP contribution < -0.4 is 5.32 Å². The minimum absolute atomic E-state index is 0.362. The maximum absolute atomic E-state index is 12.7. The van der Waals surface area contributed by atoms with Gasteiger partial charge in [0.15, 0.2) is 0 Å². The Morgan fingerprint density at radius 2 is 1.57 bits per heavy atom. The maximum atomic E-state index is 12.7. The quantitative estimate of drug-likeness (QED) is 0.769. The van der Waals surface area contributed by atoms with Crippen molar-refractivity contribution in [1.82, 2.24) is 5.32 Å². The van der Waals surface area contributed by atoms with E-state index in [4.69, 9.17) is 0 Å². The minimum Gasteiger partial charge on any atom is -0.313 e. The first-order valence-electron chi connectivity index (χ1n) is 8.94. The van der Waals surface area contributed by atoms with Crippen LogP contribution in [0.1, 0.15) is 68.4 Å². The van der Waals surface area contributed by atoms with E-state index in [1.165, 1.54) is 44.2 Å². The van der Waals surface area contributed by atoms with Gasteiger partial charge in [0.25, 0.3) is 0 Å². The Labute approximate surface area is 136 Å². The molecule has 3 rings (SSSR count). The molecule has 0 heterocycles. The van der Waals surface area contributed by atoms with E-state index in [1.54, 1.807) is 12.1 Å². The van der Waals surface area contributed by atoms with Gasteiger partial charge < -0.3 is 5.32 Å². The van der Waals surface area contributed by atoms with Crippen LogP contribution in [0.3, 0.4) is 0 Å². The van der Waals surface area contributed by atoms with Gasteiger partial charge in [0.05, 0.1) is 5.56 Å². The molecule has 128 valence electrons. The van der Waals surface area contributed by atoms with Crippen LogP contribution in [0, 0.1) is 5.92 Å². The minimum atomic E-state index is -4.24. The van der Waals surface area contributed by atoms with Crippen molar-refractivity contribution in [2.75, 3.05) is 6.54 Å². The number of benzene rings is 1. The molecule has 1 aromatic carbocycles. The Morgan fingerprint density at radius 1 is 0.870 bits per heavy atom. The zero-order valence-electron chi connectivity index (χ0n) is 13.5. The fourth-order valence-electron chi connectivity index (χ4n) is 4.23. The van der Waals surface area contributed by atoms with Gasteiger partial charge in [-0.3, -0.25) is 0 Å². The molecule has 2 aliphatic carbocycles. The third-order valence-corrected chi connectivity index (χ3v) is 5.58. The summed E-state index contributed by atoms with van der Waals surface area (Å²) in [5, 5.41) is 3.72. The molecule has 2 fully saturated rings. The summed E-state index contributed by atoms with van der Waals surface area (Å²) in [7, 11) is 0. The van der Waals surface area contributed by atoms with Crippen LogP contribution in [0.5, 0.6) is 0 Å². The third-order valence-electron chi connectivity index (χ3n) is 5.58. The normalized spacial score (nSPS) is 26.6. The molecular weight excluding hydrogens is 299 g/mol.